The molecule has 0 saturated carbocycles. The molecule has 0 radical (unpaired) electrons. The zero-order valence-corrected chi connectivity index (χ0v) is 15.0. The highest BCUT2D eigenvalue weighted by molar-refractivity contribution is 8.01. The number of carbonyl (C=O) groups is 2. The molecular weight excluding hydrogens is 369 g/mol. The standard InChI is InChI=1S/C17H19F3N2O3S/c1-11-15(24)22(10-14(23)21-6-8-25-9-7-21)16(26-11)12-2-4-13(5-3-12)17(18,19)20/h2-5,11,16H,6-10H2,1H3/t11-,16+/m1/s1. The molecule has 1 aromatic carbocycles. The van der Waals surface area contributed by atoms with Gasteiger partial charge in [-0.1, -0.05) is 12.1 Å². The number of rotatable bonds is 3. The number of benzene rings is 1. The van der Waals surface area contributed by atoms with Gasteiger partial charge in [0.2, 0.25) is 11.8 Å². The van der Waals surface area contributed by atoms with Crippen molar-refractivity contribution in [2.75, 3.05) is 32.8 Å². The van der Waals surface area contributed by atoms with Gasteiger partial charge in [-0.25, -0.2) is 0 Å². The van der Waals surface area contributed by atoms with Crippen LogP contribution in [0.25, 0.3) is 0 Å². The monoisotopic (exact) mass is 388 g/mol. The number of ether oxygens (including phenoxy) is 1. The van der Waals surface area contributed by atoms with E-state index in [4.69, 9.17) is 4.74 Å². The Kier molecular flexibility index (Phi) is 5.47. The average Bonchev–Trinajstić information content (AvgIpc) is 2.90. The van der Waals surface area contributed by atoms with Crippen molar-refractivity contribution in [2.45, 2.75) is 23.7 Å². The maximum atomic E-state index is 12.7. The van der Waals surface area contributed by atoms with Crippen LogP contribution in [0.1, 0.15) is 23.4 Å². The number of morpholine rings is 1. The average molecular weight is 388 g/mol. The number of hydrogen-bond acceptors (Lipinski definition) is 4. The van der Waals surface area contributed by atoms with Crippen molar-refractivity contribution in [1.82, 2.24) is 9.80 Å². The minimum absolute atomic E-state index is 0.0815. The first-order valence-corrected chi connectivity index (χ1v) is 9.20. The molecule has 9 heteroatoms. The highest BCUT2D eigenvalue weighted by Crippen LogP contribution is 2.43. The van der Waals surface area contributed by atoms with Crippen LogP contribution in [0.3, 0.4) is 0 Å². The Labute approximate surface area is 153 Å². The summed E-state index contributed by atoms with van der Waals surface area (Å²) in [4.78, 5) is 28.1. The van der Waals surface area contributed by atoms with Crippen LogP contribution in [0, 0.1) is 0 Å². The van der Waals surface area contributed by atoms with Crippen molar-refractivity contribution in [1.29, 1.82) is 0 Å². The van der Waals surface area contributed by atoms with E-state index in [0.29, 0.717) is 31.9 Å². The first-order valence-electron chi connectivity index (χ1n) is 8.26. The van der Waals surface area contributed by atoms with Gasteiger partial charge in [0.15, 0.2) is 0 Å². The second-order valence-corrected chi connectivity index (χ2v) is 7.64. The van der Waals surface area contributed by atoms with Crippen molar-refractivity contribution in [2.24, 2.45) is 0 Å². The van der Waals surface area contributed by atoms with E-state index in [1.165, 1.54) is 28.8 Å². The van der Waals surface area contributed by atoms with Gasteiger partial charge in [-0.05, 0) is 24.6 Å². The molecule has 0 unspecified atom stereocenters. The van der Waals surface area contributed by atoms with Crippen LogP contribution in [0.15, 0.2) is 24.3 Å². The van der Waals surface area contributed by atoms with Crippen LogP contribution in [0.2, 0.25) is 0 Å². The number of nitrogens with zero attached hydrogens (tertiary/aromatic N) is 2. The van der Waals surface area contributed by atoms with Crippen LogP contribution in [-0.2, 0) is 20.5 Å². The summed E-state index contributed by atoms with van der Waals surface area (Å²) < 4.78 is 43.5. The van der Waals surface area contributed by atoms with Gasteiger partial charge in [-0.3, -0.25) is 9.59 Å². The largest absolute Gasteiger partial charge is 0.416 e. The SMILES string of the molecule is C[C@H]1S[C@@H](c2ccc(C(F)(F)F)cc2)N(CC(=O)N2CCOCC2)C1=O. The maximum Gasteiger partial charge on any atom is 0.416 e. The van der Waals surface area contributed by atoms with Crippen LogP contribution in [0.4, 0.5) is 13.2 Å². The summed E-state index contributed by atoms with van der Waals surface area (Å²) in [5, 5.41) is -0.815. The lowest BCUT2D eigenvalue weighted by molar-refractivity contribution is -0.142. The molecule has 0 N–H and O–H groups in total. The second kappa shape index (κ2) is 7.48. The third-order valence-corrected chi connectivity index (χ3v) is 5.83. The third-order valence-electron chi connectivity index (χ3n) is 4.44. The zero-order chi connectivity index (χ0) is 18.9. The molecule has 26 heavy (non-hydrogen) atoms. The molecule has 142 valence electrons. The quantitative estimate of drug-likeness (QED) is 0.799. The number of carbonyl (C=O) groups excluding carboxylic acids is 2. The summed E-state index contributed by atoms with van der Waals surface area (Å²) in [5.41, 5.74) is -0.157. The lowest BCUT2D eigenvalue weighted by Crippen LogP contribution is -2.46. The van der Waals surface area contributed by atoms with E-state index < -0.39 is 17.1 Å². The second-order valence-electron chi connectivity index (χ2n) is 6.21. The van der Waals surface area contributed by atoms with Gasteiger partial charge in [-0.2, -0.15) is 13.2 Å². The lowest BCUT2D eigenvalue weighted by atomic mass is 10.1. The molecular formula is C17H19F3N2O3S. The number of halogens is 3. The molecule has 5 nitrogen and oxygen atoms in total. The summed E-state index contributed by atoms with van der Waals surface area (Å²) in [6.45, 7) is 3.55. The van der Waals surface area contributed by atoms with Gasteiger partial charge >= 0.3 is 6.18 Å². The van der Waals surface area contributed by atoms with Gasteiger partial charge in [0.1, 0.15) is 11.9 Å². The highest BCUT2D eigenvalue weighted by atomic mass is 32.2. The summed E-state index contributed by atoms with van der Waals surface area (Å²) in [6.07, 6.45) is -4.41. The smallest absolute Gasteiger partial charge is 0.378 e. The number of amides is 2. The fraction of sp³-hybridized carbons (Fsp3) is 0.529. The predicted molar refractivity (Wildman–Crippen MR) is 90.4 cm³/mol. The Balaban J connectivity index is 1.76. The van der Waals surface area contributed by atoms with Crippen LogP contribution in [-0.4, -0.2) is 59.7 Å². The van der Waals surface area contributed by atoms with Crippen molar-refractivity contribution >= 4 is 23.6 Å². The Hall–Kier alpha value is -1.74. The molecule has 0 spiro atoms. The van der Waals surface area contributed by atoms with E-state index in [0.717, 1.165) is 12.1 Å². The number of thioether (sulfide) groups is 1. The molecule has 0 aliphatic carbocycles. The first kappa shape index (κ1) is 19.0. The highest BCUT2D eigenvalue weighted by Gasteiger charge is 2.40. The van der Waals surface area contributed by atoms with Gasteiger partial charge in [-0.15, -0.1) is 11.8 Å². The van der Waals surface area contributed by atoms with Crippen LogP contribution >= 0.6 is 11.8 Å². The summed E-state index contributed by atoms with van der Waals surface area (Å²) >= 11 is 1.34. The third kappa shape index (κ3) is 3.98. The molecule has 2 atom stereocenters. The zero-order valence-electron chi connectivity index (χ0n) is 14.2. The minimum atomic E-state index is -4.41. The fourth-order valence-electron chi connectivity index (χ4n) is 2.99. The topological polar surface area (TPSA) is 49.9 Å². The van der Waals surface area contributed by atoms with Gasteiger partial charge in [0.05, 0.1) is 24.0 Å². The molecule has 2 heterocycles. The van der Waals surface area contributed by atoms with Crippen molar-refractivity contribution in [3.05, 3.63) is 35.4 Å². The van der Waals surface area contributed by atoms with Crippen molar-refractivity contribution < 1.29 is 27.5 Å². The van der Waals surface area contributed by atoms with Crippen LogP contribution in [0.5, 0.6) is 0 Å². The predicted octanol–water partition coefficient (Wildman–Crippen LogP) is 2.53. The van der Waals surface area contributed by atoms with Gasteiger partial charge in [0.25, 0.3) is 0 Å². The summed E-state index contributed by atoms with van der Waals surface area (Å²) in [7, 11) is 0. The fourth-order valence-corrected chi connectivity index (χ4v) is 4.27. The Morgan fingerprint density at radius 3 is 2.42 bits per heavy atom. The minimum Gasteiger partial charge on any atom is -0.378 e. The van der Waals surface area contributed by atoms with E-state index in [-0.39, 0.29) is 23.6 Å². The normalized spacial score (nSPS) is 24.2. The van der Waals surface area contributed by atoms with Gasteiger partial charge in [0, 0.05) is 13.1 Å². The number of hydrogen-bond donors (Lipinski definition) is 0. The summed E-state index contributed by atoms with van der Waals surface area (Å²) in [6, 6.07) is 4.76. The molecule has 2 aliphatic heterocycles. The molecule has 2 saturated heterocycles. The van der Waals surface area contributed by atoms with E-state index in [1.54, 1.807) is 11.8 Å². The van der Waals surface area contributed by atoms with Gasteiger partial charge < -0.3 is 14.5 Å². The van der Waals surface area contributed by atoms with Crippen molar-refractivity contribution in [3.8, 4) is 0 Å². The lowest BCUT2D eigenvalue weighted by Gasteiger charge is -2.30. The molecule has 2 aliphatic rings. The van der Waals surface area contributed by atoms with E-state index in [9.17, 15) is 22.8 Å². The molecule has 2 amide bonds. The molecule has 1 aromatic rings. The van der Waals surface area contributed by atoms with E-state index >= 15 is 0 Å². The summed E-state index contributed by atoms with van der Waals surface area (Å²) in [5.74, 6) is -0.352. The maximum absolute atomic E-state index is 12.7. The first-order chi connectivity index (χ1) is 12.3. The molecule has 3 rings (SSSR count). The Morgan fingerprint density at radius 1 is 1.23 bits per heavy atom. The molecule has 2 fully saturated rings. The molecule has 0 bridgehead atoms. The van der Waals surface area contributed by atoms with Crippen LogP contribution < -0.4 is 0 Å². The van der Waals surface area contributed by atoms with E-state index in [1.807, 2.05) is 0 Å². The van der Waals surface area contributed by atoms with Crippen molar-refractivity contribution in [3.63, 3.8) is 0 Å². The van der Waals surface area contributed by atoms with E-state index in [2.05, 4.69) is 0 Å². The molecule has 0 aromatic heterocycles. The number of alkyl halides is 3. The Morgan fingerprint density at radius 2 is 1.85 bits per heavy atom. The Bertz CT molecular complexity index is 675.